The molecule has 0 aliphatic carbocycles. The quantitative estimate of drug-likeness (QED) is 0.578. The highest BCUT2D eigenvalue weighted by Crippen LogP contribution is 1.95. The van der Waals surface area contributed by atoms with Crippen LogP contribution in [-0.4, -0.2) is 16.6 Å². The Bertz CT molecular complexity index is 374. The van der Waals surface area contributed by atoms with E-state index < -0.39 is 0 Å². The molecule has 0 fully saturated rings. The van der Waals surface area contributed by atoms with Gasteiger partial charge >= 0.3 is 0 Å². The second-order valence-electron chi connectivity index (χ2n) is 3.74. The largest absolute Gasteiger partial charge is 0.300 e. The average molecular weight is 228 g/mol. The average Bonchev–Trinajstić information content (AvgIpc) is 2.41. The lowest BCUT2D eigenvalue weighted by atomic mass is 10.3. The van der Waals surface area contributed by atoms with Gasteiger partial charge in [-0.2, -0.15) is 0 Å². The van der Waals surface area contributed by atoms with E-state index in [4.69, 9.17) is 0 Å². The predicted octanol–water partition coefficient (Wildman–Crippen LogP) is 1.31. The first kappa shape index (κ1) is 11.7. The number of aromatic nitrogens is 2. The van der Waals surface area contributed by atoms with Gasteiger partial charge in [-0.3, -0.25) is 9.97 Å². The molecule has 0 unspecified atom stereocenters. The summed E-state index contributed by atoms with van der Waals surface area (Å²) in [5, 5.41) is 6.63. The lowest BCUT2D eigenvalue weighted by Gasteiger charge is -2.06. The zero-order chi connectivity index (χ0) is 11.8. The Kier molecular flexibility index (Phi) is 4.63. The van der Waals surface area contributed by atoms with Crippen LogP contribution in [0, 0.1) is 0 Å². The second-order valence-corrected chi connectivity index (χ2v) is 3.74. The fourth-order valence-corrected chi connectivity index (χ4v) is 1.50. The van der Waals surface area contributed by atoms with Crippen molar-refractivity contribution in [1.29, 1.82) is 0 Å². The van der Waals surface area contributed by atoms with Crippen molar-refractivity contribution in [3.8, 4) is 0 Å². The maximum absolute atomic E-state index is 3.98. The fraction of sp³-hybridized carbons (Fsp3) is 0.231. The SMILES string of the molecule is c1cc(CNCNCc2ccncc2)ccn1. The third kappa shape index (κ3) is 4.30. The van der Waals surface area contributed by atoms with Crippen molar-refractivity contribution < 1.29 is 0 Å². The van der Waals surface area contributed by atoms with Gasteiger partial charge in [0.25, 0.3) is 0 Å². The molecule has 88 valence electrons. The van der Waals surface area contributed by atoms with Gasteiger partial charge in [0.05, 0.1) is 0 Å². The Labute approximate surface area is 101 Å². The molecular formula is C13H16N4. The monoisotopic (exact) mass is 228 g/mol. The van der Waals surface area contributed by atoms with Crippen LogP contribution in [-0.2, 0) is 13.1 Å². The summed E-state index contributed by atoms with van der Waals surface area (Å²) >= 11 is 0. The predicted molar refractivity (Wildman–Crippen MR) is 67.0 cm³/mol. The molecule has 0 aliphatic rings. The smallest absolute Gasteiger partial charge is 0.0459 e. The molecule has 2 aromatic rings. The molecule has 0 aromatic carbocycles. The van der Waals surface area contributed by atoms with E-state index in [-0.39, 0.29) is 0 Å². The maximum atomic E-state index is 3.98. The summed E-state index contributed by atoms with van der Waals surface area (Å²) in [6.07, 6.45) is 7.23. The van der Waals surface area contributed by atoms with Crippen LogP contribution < -0.4 is 10.6 Å². The van der Waals surface area contributed by atoms with Gasteiger partial charge in [-0.25, -0.2) is 0 Å². The van der Waals surface area contributed by atoms with Crippen molar-refractivity contribution in [2.45, 2.75) is 13.1 Å². The number of hydrogen-bond acceptors (Lipinski definition) is 4. The van der Waals surface area contributed by atoms with Gasteiger partial charge in [0.2, 0.25) is 0 Å². The first-order valence-electron chi connectivity index (χ1n) is 5.64. The third-order valence-corrected chi connectivity index (χ3v) is 2.41. The number of hydrogen-bond donors (Lipinski definition) is 2. The molecule has 0 bridgehead atoms. The zero-order valence-electron chi connectivity index (χ0n) is 9.63. The van der Waals surface area contributed by atoms with E-state index in [1.165, 1.54) is 11.1 Å². The van der Waals surface area contributed by atoms with Crippen molar-refractivity contribution in [1.82, 2.24) is 20.6 Å². The molecule has 4 heteroatoms. The molecule has 2 rings (SSSR count). The minimum atomic E-state index is 0.782. The summed E-state index contributed by atoms with van der Waals surface area (Å²) in [7, 11) is 0. The summed E-state index contributed by atoms with van der Waals surface area (Å²) in [5.74, 6) is 0. The van der Waals surface area contributed by atoms with Crippen LogP contribution in [0.1, 0.15) is 11.1 Å². The van der Waals surface area contributed by atoms with Crippen LogP contribution in [0.4, 0.5) is 0 Å². The molecule has 4 nitrogen and oxygen atoms in total. The van der Waals surface area contributed by atoms with E-state index in [0.29, 0.717) is 0 Å². The lowest BCUT2D eigenvalue weighted by molar-refractivity contribution is 0.581. The summed E-state index contributed by atoms with van der Waals surface area (Å²) < 4.78 is 0. The molecule has 17 heavy (non-hydrogen) atoms. The van der Waals surface area contributed by atoms with Gasteiger partial charge in [0.1, 0.15) is 0 Å². The van der Waals surface area contributed by atoms with E-state index in [1.807, 2.05) is 24.3 Å². The van der Waals surface area contributed by atoms with E-state index in [2.05, 4.69) is 20.6 Å². The van der Waals surface area contributed by atoms with Crippen molar-refractivity contribution in [3.05, 3.63) is 60.2 Å². The summed E-state index contributed by atoms with van der Waals surface area (Å²) in [4.78, 5) is 7.96. The maximum Gasteiger partial charge on any atom is 0.0459 e. The van der Waals surface area contributed by atoms with Gasteiger partial charge in [-0.15, -0.1) is 0 Å². The molecule has 0 amide bonds. The van der Waals surface area contributed by atoms with Crippen LogP contribution in [0.3, 0.4) is 0 Å². The topological polar surface area (TPSA) is 49.8 Å². The van der Waals surface area contributed by atoms with Gasteiger partial charge in [0, 0.05) is 44.5 Å². The number of nitrogens with zero attached hydrogens (tertiary/aromatic N) is 2. The van der Waals surface area contributed by atoms with Crippen molar-refractivity contribution in [2.24, 2.45) is 0 Å². The number of pyridine rings is 2. The molecule has 0 saturated heterocycles. The van der Waals surface area contributed by atoms with Crippen LogP contribution >= 0.6 is 0 Å². The Morgan fingerprint density at radius 2 is 1.12 bits per heavy atom. The molecule has 2 N–H and O–H groups in total. The molecule has 0 atom stereocenters. The van der Waals surface area contributed by atoms with E-state index in [1.54, 1.807) is 24.8 Å². The summed E-state index contributed by atoms with van der Waals surface area (Å²) in [6.45, 7) is 2.49. The third-order valence-electron chi connectivity index (χ3n) is 2.41. The minimum Gasteiger partial charge on any atom is -0.300 e. The standard InChI is InChI=1S/C13H16N4/c1-5-14-6-2-12(1)9-16-11-17-10-13-3-7-15-8-4-13/h1-8,16-17H,9-11H2. The van der Waals surface area contributed by atoms with Crippen LogP contribution in [0.25, 0.3) is 0 Å². The Balaban J connectivity index is 1.61. The Morgan fingerprint density at radius 3 is 1.53 bits per heavy atom. The molecular weight excluding hydrogens is 212 g/mol. The molecule has 0 radical (unpaired) electrons. The molecule has 0 spiro atoms. The van der Waals surface area contributed by atoms with Crippen molar-refractivity contribution in [3.63, 3.8) is 0 Å². The van der Waals surface area contributed by atoms with E-state index in [0.717, 1.165) is 19.8 Å². The summed E-state index contributed by atoms with van der Waals surface area (Å²) in [5.41, 5.74) is 2.48. The molecule has 0 aliphatic heterocycles. The number of nitrogens with one attached hydrogen (secondary N) is 2. The zero-order valence-corrected chi connectivity index (χ0v) is 9.63. The van der Waals surface area contributed by atoms with Gasteiger partial charge < -0.3 is 10.6 Å². The normalized spacial score (nSPS) is 10.4. The van der Waals surface area contributed by atoms with Gasteiger partial charge in [0.15, 0.2) is 0 Å². The van der Waals surface area contributed by atoms with Crippen molar-refractivity contribution in [2.75, 3.05) is 6.67 Å². The highest BCUT2D eigenvalue weighted by Gasteiger charge is 1.92. The first-order valence-corrected chi connectivity index (χ1v) is 5.64. The van der Waals surface area contributed by atoms with Crippen LogP contribution in [0.5, 0.6) is 0 Å². The lowest BCUT2D eigenvalue weighted by Crippen LogP contribution is -2.28. The molecule has 2 aromatic heterocycles. The fourth-order valence-electron chi connectivity index (χ4n) is 1.50. The van der Waals surface area contributed by atoms with Crippen LogP contribution in [0.2, 0.25) is 0 Å². The van der Waals surface area contributed by atoms with E-state index in [9.17, 15) is 0 Å². The van der Waals surface area contributed by atoms with Crippen LogP contribution in [0.15, 0.2) is 49.1 Å². The second kappa shape index (κ2) is 6.73. The van der Waals surface area contributed by atoms with Gasteiger partial charge in [-0.1, -0.05) is 0 Å². The highest BCUT2D eigenvalue weighted by atomic mass is 15.0. The van der Waals surface area contributed by atoms with E-state index >= 15 is 0 Å². The first-order chi connectivity index (χ1) is 8.45. The Hall–Kier alpha value is -1.78. The minimum absolute atomic E-state index is 0.782. The summed E-state index contributed by atoms with van der Waals surface area (Å²) in [6, 6.07) is 8.04. The highest BCUT2D eigenvalue weighted by molar-refractivity contribution is 5.10. The number of rotatable bonds is 6. The van der Waals surface area contributed by atoms with Gasteiger partial charge in [-0.05, 0) is 35.4 Å². The molecule has 0 saturated carbocycles. The molecule has 2 heterocycles. The Morgan fingerprint density at radius 1 is 0.706 bits per heavy atom. The van der Waals surface area contributed by atoms with Crippen molar-refractivity contribution >= 4 is 0 Å².